The van der Waals surface area contributed by atoms with E-state index in [1.807, 2.05) is 36.4 Å². The Kier molecular flexibility index (Phi) is 6.80. The van der Waals surface area contributed by atoms with Crippen LogP contribution >= 0.6 is 23.4 Å². The Hall–Kier alpha value is -1.98. The van der Waals surface area contributed by atoms with Gasteiger partial charge in [0, 0.05) is 17.3 Å². The minimum absolute atomic E-state index is 0.397. The summed E-state index contributed by atoms with van der Waals surface area (Å²) in [6, 6.07) is 16.1. The summed E-state index contributed by atoms with van der Waals surface area (Å²) in [5.41, 5.74) is 2.40. The second kappa shape index (κ2) is 9.29. The summed E-state index contributed by atoms with van der Waals surface area (Å²) in [7, 11) is 0. The molecule has 0 aliphatic rings. The second-order valence-electron chi connectivity index (χ2n) is 6.54. The monoisotopic (exact) mass is 401 g/mol. The highest BCUT2D eigenvalue weighted by molar-refractivity contribution is 7.98. The summed E-state index contributed by atoms with van der Waals surface area (Å²) in [6.07, 6.45) is 0. The molecule has 1 aromatic heterocycles. The molecule has 0 saturated carbocycles. The number of aromatic nitrogens is 3. The number of halogens is 1. The molecule has 0 spiro atoms. The van der Waals surface area contributed by atoms with Crippen LogP contribution in [-0.4, -0.2) is 14.8 Å². The van der Waals surface area contributed by atoms with Crippen LogP contribution in [0.4, 0.5) is 0 Å². The van der Waals surface area contributed by atoms with Crippen molar-refractivity contribution in [3.63, 3.8) is 0 Å². The van der Waals surface area contributed by atoms with Crippen LogP contribution in [0.3, 0.4) is 0 Å². The first-order chi connectivity index (χ1) is 13.1. The van der Waals surface area contributed by atoms with E-state index in [2.05, 4.69) is 47.7 Å². The van der Waals surface area contributed by atoms with Gasteiger partial charge in [-0.05, 0) is 42.2 Å². The van der Waals surface area contributed by atoms with Crippen molar-refractivity contribution in [1.29, 1.82) is 0 Å². The molecule has 0 saturated heterocycles. The van der Waals surface area contributed by atoms with Gasteiger partial charge in [0.15, 0.2) is 11.0 Å². The van der Waals surface area contributed by atoms with Crippen LogP contribution in [0.25, 0.3) is 0 Å². The molecule has 0 radical (unpaired) electrons. The number of hydrogen-bond donors (Lipinski definition) is 0. The van der Waals surface area contributed by atoms with Crippen molar-refractivity contribution in [2.75, 3.05) is 0 Å². The van der Waals surface area contributed by atoms with E-state index >= 15 is 0 Å². The summed E-state index contributed by atoms with van der Waals surface area (Å²) in [5, 5.41) is 10.3. The SMILES string of the molecule is CCn1c(COc2ccc(C(C)C)cc2)nnc1SCc1ccccc1Cl. The highest BCUT2D eigenvalue weighted by Crippen LogP contribution is 2.26. The Labute approximate surface area is 169 Å². The normalized spacial score (nSPS) is 11.1. The molecular weight excluding hydrogens is 378 g/mol. The van der Waals surface area contributed by atoms with Gasteiger partial charge in [-0.3, -0.25) is 0 Å². The third-order valence-electron chi connectivity index (χ3n) is 4.34. The van der Waals surface area contributed by atoms with Gasteiger partial charge < -0.3 is 9.30 Å². The first-order valence-electron chi connectivity index (χ1n) is 9.09. The van der Waals surface area contributed by atoms with Gasteiger partial charge in [-0.15, -0.1) is 10.2 Å². The maximum absolute atomic E-state index is 6.24. The second-order valence-corrected chi connectivity index (χ2v) is 7.89. The molecule has 0 aliphatic carbocycles. The molecule has 142 valence electrons. The zero-order chi connectivity index (χ0) is 19.2. The predicted octanol–water partition coefficient (Wildman–Crippen LogP) is 5.95. The molecule has 3 aromatic rings. The number of hydrogen-bond acceptors (Lipinski definition) is 4. The van der Waals surface area contributed by atoms with Crippen molar-refractivity contribution in [3.8, 4) is 5.75 Å². The predicted molar refractivity (Wildman–Crippen MR) is 112 cm³/mol. The number of rotatable bonds is 8. The molecule has 1 heterocycles. The summed E-state index contributed by atoms with van der Waals surface area (Å²) >= 11 is 7.88. The average molecular weight is 402 g/mol. The maximum atomic E-state index is 6.24. The molecule has 3 rings (SSSR count). The highest BCUT2D eigenvalue weighted by atomic mass is 35.5. The molecule has 0 unspecified atom stereocenters. The number of thioether (sulfide) groups is 1. The van der Waals surface area contributed by atoms with E-state index in [1.165, 1.54) is 5.56 Å². The quantitative estimate of drug-likeness (QED) is 0.437. The number of nitrogens with zero attached hydrogens (tertiary/aromatic N) is 3. The molecule has 0 amide bonds. The summed E-state index contributed by atoms with van der Waals surface area (Å²) in [4.78, 5) is 0. The Balaban J connectivity index is 1.64. The van der Waals surface area contributed by atoms with Crippen molar-refractivity contribution in [2.24, 2.45) is 0 Å². The minimum atomic E-state index is 0.397. The molecule has 0 aliphatic heterocycles. The smallest absolute Gasteiger partial charge is 0.191 e. The molecular formula is C21H24ClN3OS. The van der Waals surface area contributed by atoms with E-state index in [9.17, 15) is 0 Å². The number of benzene rings is 2. The average Bonchev–Trinajstić information content (AvgIpc) is 3.08. The molecule has 0 fully saturated rings. The zero-order valence-corrected chi connectivity index (χ0v) is 17.4. The van der Waals surface area contributed by atoms with Crippen LogP contribution in [0, 0.1) is 0 Å². The van der Waals surface area contributed by atoms with Gasteiger partial charge in [-0.25, -0.2) is 0 Å². The standard InChI is InChI=1S/C21H24ClN3OS/c1-4-25-20(13-26-18-11-9-16(10-12-18)15(2)3)23-24-21(25)27-14-17-7-5-6-8-19(17)22/h5-12,15H,4,13-14H2,1-3H3. The van der Waals surface area contributed by atoms with Crippen LogP contribution in [0.5, 0.6) is 5.75 Å². The van der Waals surface area contributed by atoms with Gasteiger partial charge in [-0.1, -0.05) is 67.5 Å². The fraction of sp³-hybridized carbons (Fsp3) is 0.333. The van der Waals surface area contributed by atoms with Crippen LogP contribution in [0.1, 0.15) is 43.6 Å². The molecule has 4 nitrogen and oxygen atoms in total. The summed E-state index contributed by atoms with van der Waals surface area (Å²) < 4.78 is 8.00. The topological polar surface area (TPSA) is 39.9 Å². The van der Waals surface area contributed by atoms with Gasteiger partial charge in [0.1, 0.15) is 12.4 Å². The molecule has 0 N–H and O–H groups in total. The Morgan fingerprint density at radius 3 is 2.48 bits per heavy atom. The van der Waals surface area contributed by atoms with E-state index in [0.29, 0.717) is 12.5 Å². The van der Waals surface area contributed by atoms with Crippen LogP contribution in [-0.2, 0) is 18.9 Å². The maximum Gasteiger partial charge on any atom is 0.191 e. The van der Waals surface area contributed by atoms with E-state index in [1.54, 1.807) is 11.8 Å². The lowest BCUT2D eigenvalue weighted by Crippen LogP contribution is -2.07. The van der Waals surface area contributed by atoms with Crippen molar-refractivity contribution in [1.82, 2.24) is 14.8 Å². The summed E-state index contributed by atoms with van der Waals surface area (Å²) in [5.74, 6) is 2.94. The Morgan fingerprint density at radius 2 is 1.81 bits per heavy atom. The van der Waals surface area contributed by atoms with Crippen LogP contribution < -0.4 is 4.74 Å². The van der Waals surface area contributed by atoms with Crippen LogP contribution in [0.15, 0.2) is 53.7 Å². The van der Waals surface area contributed by atoms with Crippen LogP contribution in [0.2, 0.25) is 5.02 Å². The van der Waals surface area contributed by atoms with E-state index in [4.69, 9.17) is 16.3 Å². The van der Waals surface area contributed by atoms with Gasteiger partial charge >= 0.3 is 0 Å². The molecule has 27 heavy (non-hydrogen) atoms. The third-order valence-corrected chi connectivity index (χ3v) is 5.72. The first kappa shape index (κ1) is 19.8. The lowest BCUT2D eigenvalue weighted by Gasteiger charge is -2.10. The Bertz CT molecular complexity index is 877. The van der Waals surface area contributed by atoms with Gasteiger partial charge in [0.25, 0.3) is 0 Å². The van der Waals surface area contributed by atoms with Gasteiger partial charge in [0.2, 0.25) is 0 Å². The molecule has 2 aromatic carbocycles. The summed E-state index contributed by atoms with van der Waals surface area (Å²) in [6.45, 7) is 7.64. The first-order valence-corrected chi connectivity index (χ1v) is 10.5. The minimum Gasteiger partial charge on any atom is -0.486 e. The van der Waals surface area contributed by atoms with Crippen molar-refractivity contribution < 1.29 is 4.74 Å². The zero-order valence-electron chi connectivity index (χ0n) is 15.9. The lowest BCUT2D eigenvalue weighted by molar-refractivity contribution is 0.288. The third kappa shape index (κ3) is 5.05. The van der Waals surface area contributed by atoms with Gasteiger partial charge in [-0.2, -0.15) is 0 Å². The van der Waals surface area contributed by atoms with E-state index in [0.717, 1.165) is 39.6 Å². The molecule has 0 bridgehead atoms. The fourth-order valence-corrected chi connectivity index (χ4v) is 4.01. The van der Waals surface area contributed by atoms with Crippen molar-refractivity contribution >= 4 is 23.4 Å². The number of ether oxygens (including phenoxy) is 1. The fourth-order valence-electron chi connectivity index (χ4n) is 2.70. The largest absolute Gasteiger partial charge is 0.486 e. The van der Waals surface area contributed by atoms with E-state index < -0.39 is 0 Å². The van der Waals surface area contributed by atoms with E-state index in [-0.39, 0.29) is 0 Å². The lowest BCUT2D eigenvalue weighted by atomic mass is 10.0. The molecule has 6 heteroatoms. The van der Waals surface area contributed by atoms with Crippen molar-refractivity contribution in [3.05, 3.63) is 70.5 Å². The van der Waals surface area contributed by atoms with Gasteiger partial charge in [0.05, 0.1) is 0 Å². The van der Waals surface area contributed by atoms with Crippen molar-refractivity contribution in [2.45, 2.75) is 50.8 Å². The Morgan fingerprint density at radius 1 is 1.07 bits per heavy atom. The highest BCUT2D eigenvalue weighted by Gasteiger charge is 2.13. The molecule has 0 atom stereocenters.